The quantitative estimate of drug-likeness (QED) is 0.468. The molecule has 0 amide bonds. The van der Waals surface area contributed by atoms with Gasteiger partial charge in [-0.25, -0.2) is 0 Å². The summed E-state index contributed by atoms with van der Waals surface area (Å²) in [4.78, 5) is 0. The highest BCUT2D eigenvalue weighted by molar-refractivity contribution is 5.57. The van der Waals surface area contributed by atoms with E-state index in [1.165, 1.54) is 0 Å². The van der Waals surface area contributed by atoms with Crippen molar-refractivity contribution < 1.29 is 66.5 Å². The fraction of sp³-hybridized carbons (Fsp3) is 0.467. The first-order valence-corrected chi connectivity index (χ1v) is 7.34. The van der Waals surface area contributed by atoms with Gasteiger partial charge in [-0.05, 0) is 23.8 Å². The summed E-state index contributed by atoms with van der Waals surface area (Å²) in [6.07, 6.45) is -8.46. The van der Waals surface area contributed by atoms with Gasteiger partial charge in [-0.15, -0.1) is 0 Å². The van der Waals surface area contributed by atoms with Crippen molar-refractivity contribution in [3.05, 3.63) is 29.8 Å². The van der Waals surface area contributed by atoms with Crippen LogP contribution in [-0.2, 0) is 0 Å². The van der Waals surface area contributed by atoms with Crippen LogP contribution in [0.4, 0.5) is 57.1 Å². The largest absolute Gasteiger partial charge is 0.460 e. The van der Waals surface area contributed by atoms with Gasteiger partial charge in [0, 0.05) is 0 Å². The molecule has 0 spiro atoms. The van der Waals surface area contributed by atoms with Gasteiger partial charge in [0.05, 0.1) is 0 Å². The zero-order valence-electron chi connectivity index (χ0n) is 13.8. The molecule has 0 bridgehead atoms. The zero-order chi connectivity index (χ0) is 23.4. The Bertz CT molecular complexity index is 826. The fourth-order valence-corrected chi connectivity index (χ4v) is 2.10. The van der Waals surface area contributed by atoms with Crippen LogP contribution in [0.2, 0.25) is 0 Å². The second kappa shape index (κ2) is 6.83. The third kappa shape index (κ3) is 3.41. The lowest BCUT2D eigenvalue weighted by Gasteiger charge is -2.39. The molecule has 170 valence electrons. The minimum atomic E-state index is -7.92. The summed E-state index contributed by atoms with van der Waals surface area (Å²) >= 11 is 0. The molecule has 1 heterocycles. The Kier molecular flexibility index (Phi) is 5.45. The van der Waals surface area contributed by atoms with Gasteiger partial charge < -0.3 is 9.47 Å². The van der Waals surface area contributed by atoms with Gasteiger partial charge >= 0.3 is 35.8 Å². The molecule has 30 heavy (non-hydrogen) atoms. The number of alkyl halides is 13. The van der Waals surface area contributed by atoms with Gasteiger partial charge in [0.25, 0.3) is 0 Å². The number of benzene rings is 1. The van der Waals surface area contributed by atoms with E-state index in [2.05, 4.69) is 0 Å². The van der Waals surface area contributed by atoms with Crippen LogP contribution in [0.1, 0.15) is 5.56 Å². The molecule has 0 unspecified atom stereocenters. The monoisotopic (exact) mass is 466 g/mol. The van der Waals surface area contributed by atoms with E-state index >= 15 is 0 Å². The molecule has 1 aliphatic rings. The molecule has 1 aromatic carbocycles. The lowest BCUT2D eigenvalue weighted by molar-refractivity contribution is -0.436. The van der Waals surface area contributed by atoms with Gasteiger partial charge in [0.1, 0.15) is 0 Å². The van der Waals surface area contributed by atoms with Crippen molar-refractivity contribution in [1.82, 2.24) is 0 Å². The third-order valence-corrected chi connectivity index (χ3v) is 3.84. The molecule has 0 fully saturated rings. The summed E-state index contributed by atoms with van der Waals surface area (Å²) in [6.45, 7) is -0.300. The summed E-state index contributed by atoms with van der Waals surface area (Å²) in [5.74, 6) is -37.1. The number of hydrogen-bond donors (Lipinski definition) is 0. The summed E-state index contributed by atoms with van der Waals surface area (Å²) < 4.78 is 178. The Balaban J connectivity index is 2.41. The molecule has 2 nitrogen and oxygen atoms in total. The molecule has 2 rings (SSSR count). The van der Waals surface area contributed by atoms with E-state index < -0.39 is 47.4 Å². The number of fused-ring (bicyclic) bond motifs is 1. The van der Waals surface area contributed by atoms with Crippen LogP contribution < -0.4 is 9.47 Å². The van der Waals surface area contributed by atoms with Gasteiger partial charge in [-0.3, -0.25) is 0 Å². The van der Waals surface area contributed by atoms with Crippen molar-refractivity contribution in [2.45, 2.75) is 35.8 Å². The maximum absolute atomic E-state index is 13.6. The highest BCUT2D eigenvalue weighted by Gasteiger charge is 2.90. The van der Waals surface area contributed by atoms with Crippen LogP contribution in [0.25, 0.3) is 6.08 Å². The minimum absolute atomic E-state index is 0.0198. The first-order chi connectivity index (χ1) is 13.3. The van der Waals surface area contributed by atoms with E-state index in [9.17, 15) is 57.1 Å². The second-order valence-electron chi connectivity index (χ2n) is 5.86. The van der Waals surface area contributed by atoms with Crippen molar-refractivity contribution in [2.24, 2.45) is 0 Å². The van der Waals surface area contributed by atoms with E-state index in [1.54, 1.807) is 0 Å². The number of ether oxygens (including phenoxy) is 2. The van der Waals surface area contributed by atoms with Crippen LogP contribution in [0.15, 0.2) is 24.3 Å². The average molecular weight is 466 g/mol. The Morgan fingerprint density at radius 3 is 1.67 bits per heavy atom. The predicted octanol–water partition coefficient (Wildman–Crippen LogP) is 6.17. The average Bonchev–Trinajstić information content (AvgIpc) is 3.06. The third-order valence-electron chi connectivity index (χ3n) is 3.84. The summed E-state index contributed by atoms with van der Waals surface area (Å²) in [5, 5.41) is 0. The van der Waals surface area contributed by atoms with E-state index in [-0.39, 0.29) is 24.4 Å². The Morgan fingerprint density at radius 2 is 1.13 bits per heavy atom. The van der Waals surface area contributed by atoms with E-state index in [4.69, 9.17) is 9.47 Å². The van der Waals surface area contributed by atoms with Crippen molar-refractivity contribution in [2.75, 3.05) is 6.79 Å². The molecular weight excluding hydrogens is 459 g/mol. The molecule has 1 aliphatic heterocycles. The number of halogens is 13. The van der Waals surface area contributed by atoms with Crippen LogP contribution in [0, 0.1) is 0 Å². The topological polar surface area (TPSA) is 18.5 Å². The van der Waals surface area contributed by atoms with Crippen molar-refractivity contribution in [3.63, 3.8) is 0 Å². The van der Waals surface area contributed by atoms with Crippen LogP contribution in [-0.4, -0.2) is 42.6 Å². The Morgan fingerprint density at radius 1 is 0.633 bits per heavy atom. The normalized spacial score (nSPS) is 16.4. The van der Waals surface area contributed by atoms with Crippen molar-refractivity contribution >= 4 is 6.08 Å². The maximum atomic E-state index is 13.6. The van der Waals surface area contributed by atoms with Gasteiger partial charge in [0.2, 0.25) is 6.79 Å². The van der Waals surface area contributed by atoms with Gasteiger partial charge in [-0.1, -0.05) is 12.1 Å². The molecular formula is C15H7F13O2. The van der Waals surface area contributed by atoms with Crippen LogP contribution in [0.3, 0.4) is 0 Å². The second-order valence-corrected chi connectivity index (χ2v) is 5.86. The first-order valence-electron chi connectivity index (χ1n) is 7.34. The lowest BCUT2D eigenvalue weighted by Crippen LogP contribution is -2.69. The first kappa shape index (κ1) is 23.9. The van der Waals surface area contributed by atoms with Crippen molar-refractivity contribution in [1.29, 1.82) is 0 Å². The summed E-state index contributed by atoms with van der Waals surface area (Å²) in [7, 11) is 0. The van der Waals surface area contributed by atoms with Crippen LogP contribution >= 0.6 is 0 Å². The molecule has 0 saturated heterocycles. The maximum Gasteiger partial charge on any atom is 0.460 e. The number of hydrogen-bond acceptors (Lipinski definition) is 2. The smallest absolute Gasteiger partial charge is 0.454 e. The Hall–Kier alpha value is -2.35. The number of rotatable bonds is 6. The van der Waals surface area contributed by atoms with Gasteiger partial charge in [0.15, 0.2) is 11.5 Å². The highest BCUT2D eigenvalue weighted by Crippen LogP contribution is 2.60. The standard InChI is InChI=1S/C15H7F13O2/c16-10(17,4-3-7-1-2-8-9(5-7)30-6-29-8)11(18,19)12(20,21)13(22,23)14(24,25)15(26,27)28/h1-5H,6H2/b4-3+. The molecule has 15 heteroatoms. The van der Waals surface area contributed by atoms with Crippen molar-refractivity contribution in [3.8, 4) is 11.5 Å². The molecule has 0 radical (unpaired) electrons. The molecule has 1 aromatic rings. The summed E-state index contributed by atoms with van der Waals surface area (Å²) in [5.41, 5.74) is -0.426. The number of allylic oxidation sites excluding steroid dienone is 1. The SMILES string of the molecule is FC(F)(F)C(F)(F)C(F)(F)C(F)(F)C(F)(F)C(F)(F)/C=C/c1ccc2c(c1)OCO2. The fourth-order valence-electron chi connectivity index (χ4n) is 2.10. The molecule has 0 saturated carbocycles. The highest BCUT2D eigenvalue weighted by atomic mass is 19.4. The summed E-state index contributed by atoms with van der Waals surface area (Å²) in [6, 6.07) is 2.88. The van der Waals surface area contributed by atoms with Gasteiger partial charge in [-0.2, -0.15) is 57.1 Å². The predicted molar refractivity (Wildman–Crippen MR) is 72.4 cm³/mol. The Labute approximate surface area is 157 Å². The van der Waals surface area contributed by atoms with E-state index in [0.29, 0.717) is 0 Å². The molecule has 0 aromatic heterocycles. The van der Waals surface area contributed by atoms with Crippen LogP contribution in [0.5, 0.6) is 11.5 Å². The molecule has 0 aliphatic carbocycles. The molecule has 0 atom stereocenters. The lowest BCUT2D eigenvalue weighted by atomic mass is 9.93. The van der Waals surface area contributed by atoms with E-state index in [1.807, 2.05) is 0 Å². The van der Waals surface area contributed by atoms with E-state index in [0.717, 1.165) is 18.2 Å². The minimum Gasteiger partial charge on any atom is -0.454 e. The molecule has 0 N–H and O–H groups in total. The zero-order valence-corrected chi connectivity index (χ0v) is 13.8.